The molecule has 2 aromatic rings. The summed E-state index contributed by atoms with van der Waals surface area (Å²) in [6, 6.07) is 16.1. The average molecular weight is 359 g/mol. The summed E-state index contributed by atoms with van der Waals surface area (Å²) in [5.74, 6) is -2.73. The van der Waals surface area contributed by atoms with Gasteiger partial charge in [0.15, 0.2) is 0 Å². The number of hydrogen-bond acceptors (Lipinski definition) is 4. The van der Waals surface area contributed by atoms with E-state index in [9.17, 15) is 14.4 Å². The zero-order valence-corrected chi connectivity index (χ0v) is 14.5. The predicted molar refractivity (Wildman–Crippen MR) is 94.2 cm³/mol. The van der Waals surface area contributed by atoms with Crippen molar-refractivity contribution in [2.24, 2.45) is 17.8 Å². The minimum absolute atomic E-state index is 0.167. The third-order valence-corrected chi connectivity index (χ3v) is 6.50. The Morgan fingerprint density at radius 2 is 1.19 bits per heavy atom. The summed E-state index contributed by atoms with van der Waals surface area (Å²) in [7, 11) is 0. The first kappa shape index (κ1) is 15.1. The second-order valence-corrected chi connectivity index (χ2v) is 7.92. The van der Waals surface area contributed by atoms with Gasteiger partial charge in [0.1, 0.15) is 0 Å². The Kier molecular flexibility index (Phi) is 2.84. The highest BCUT2D eigenvalue weighted by atomic mass is 16.7. The van der Waals surface area contributed by atoms with Gasteiger partial charge in [-0.05, 0) is 35.1 Å². The van der Waals surface area contributed by atoms with Crippen LogP contribution in [0, 0.1) is 17.8 Å². The normalized spacial score (nSPS) is 30.0. The molecule has 5 heteroatoms. The van der Waals surface area contributed by atoms with Crippen LogP contribution in [0.4, 0.5) is 0 Å². The Bertz CT molecular complexity index is 909. The van der Waals surface area contributed by atoms with Crippen molar-refractivity contribution >= 4 is 17.8 Å². The molecule has 1 saturated carbocycles. The number of rotatable bonds is 2. The van der Waals surface area contributed by atoms with E-state index in [0.717, 1.165) is 40.2 Å². The maximum Gasteiger partial charge on any atom is 0.336 e. The first-order valence-electron chi connectivity index (χ1n) is 9.44. The highest BCUT2D eigenvalue weighted by molar-refractivity contribution is 6.07. The fraction of sp³-hybridized carbons (Fsp3) is 0.318. The van der Waals surface area contributed by atoms with Gasteiger partial charge >= 0.3 is 5.97 Å². The quantitative estimate of drug-likeness (QED) is 0.774. The van der Waals surface area contributed by atoms with Gasteiger partial charge in [-0.1, -0.05) is 48.5 Å². The van der Waals surface area contributed by atoms with Crippen LogP contribution in [-0.4, -0.2) is 22.8 Å². The van der Waals surface area contributed by atoms with Crippen molar-refractivity contribution in [2.45, 2.75) is 24.7 Å². The van der Waals surface area contributed by atoms with E-state index in [1.807, 2.05) is 24.3 Å². The van der Waals surface area contributed by atoms with Crippen LogP contribution in [0.2, 0.25) is 0 Å². The van der Waals surface area contributed by atoms with Gasteiger partial charge in [0.2, 0.25) is 0 Å². The second kappa shape index (κ2) is 5.06. The molecule has 0 radical (unpaired) electrons. The molecule has 4 aliphatic carbocycles. The van der Waals surface area contributed by atoms with E-state index in [4.69, 9.17) is 4.84 Å². The summed E-state index contributed by atoms with van der Waals surface area (Å²) in [4.78, 5) is 43.7. The molecular weight excluding hydrogens is 342 g/mol. The van der Waals surface area contributed by atoms with E-state index in [0.29, 0.717) is 0 Å². The molecule has 1 aliphatic heterocycles. The highest BCUT2D eigenvalue weighted by Gasteiger charge is 2.63. The van der Waals surface area contributed by atoms with Crippen LogP contribution in [-0.2, 0) is 19.2 Å². The molecule has 134 valence electrons. The molecule has 2 aromatic carbocycles. The van der Waals surface area contributed by atoms with Crippen molar-refractivity contribution < 1.29 is 19.2 Å². The highest BCUT2D eigenvalue weighted by Crippen LogP contribution is 2.61. The van der Waals surface area contributed by atoms with Crippen LogP contribution in [0.25, 0.3) is 0 Å². The molecule has 0 spiro atoms. The standard InChI is InChI=1S/C22H17NO4/c24-20-18-16-12-5-1-2-6-13(12)17(15-8-4-3-7-14(15)16)19(18)21(25)23(20)27-22(26)11-9-10-11/h1-8,11,16-19H,9-10H2/t16?,17?,18-,19+. The number of amides is 2. The third kappa shape index (κ3) is 1.86. The van der Waals surface area contributed by atoms with Gasteiger partial charge in [-0.25, -0.2) is 4.79 Å². The lowest BCUT2D eigenvalue weighted by Crippen LogP contribution is -2.41. The SMILES string of the molecule is O=C(ON1C(=O)[C@@H]2C3c4ccccc4C(c4ccccc43)[C@@H]2C1=O)C1CC1. The number of carbonyl (C=O) groups excluding carboxylic acids is 3. The lowest BCUT2D eigenvalue weighted by atomic mass is 9.55. The van der Waals surface area contributed by atoms with Crippen LogP contribution in [0.3, 0.4) is 0 Å². The van der Waals surface area contributed by atoms with Gasteiger partial charge in [-0.15, -0.1) is 5.06 Å². The minimum Gasteiger partial charge on any atom is -0.330 e. The summed E-state index contributed by atoms with van der Waals surface area (Å²) in [5.41, 5.74) is 4.44. The number of hydrogen-bond donors (Lipinski definition) is 0. The Balaban J connectivity index is 1.50. The molecule has 2 amide bonds. The largest absolute Gasteiger partial charge is 0.336 e. The maximum atomic E-state index is 13.2. The molecule has 2 fully saturated rings. The fourth-order valence-corrected chi connectivity index (χ4v) is 5.22. The molecule has 1 saturated heterocycles. The maximum absolute atomic E-state index is 13.2. The van der Waals surface area contributed by atoms with Crippen molar-refractivity contribution in [1.29, 1.82) is 0 Å². The summed E-state index contributed by atoms with van der Waals surface area (Å²) in [6.45, 7) is 0. The first-order chi connectivity index (χ1) is 13.2. The van der Waals surface area contributed by atoms with E-state index in [2.05, 4.69) is 24.3 Å². The van der Waals surface area contributed by atoms with Gasteiger partial charge in [-0.2, -0.15) is 0 Å². The molecule has 0 N–H and O–H groups in total. The second-order valence-electron chi connectivity index (χ2n) is 7.92. The molecule has 7 rings (SSSR count). The molecule has 1 heterocycles. The Hall–Kier alpha value is -2.95. The van der Waals surface area contributed by atoms with Crippen molar-refractivity contribution in [2.75, 3.05) is 0 Å². The van der Waals surface area contributed by atoms with Crippen LogP contribution < -0.4 is 0 Å². The zero-order valence-electron chi connectivity index (χ0n) is 14.5. The van der Waals surface area contributed by atoms with Gasteiger partial charge in [0, 0.05) is 11.8 Å². The van der Waals surface area contributed by atoms with Crippen LogP contribution in [0.15, 0.2) is 48.5 Å². The van der Waals surface area contributed by atoms with E-state index in [1.165, 1.54) is 0 Å². The van der Waals surface area contributed by atoms with Crippen molar-refractivity contribution in [3.05, 3.63) is 70.8 Å². The third-order valence-electron chi connectivity index (χ3n) is 6.50. The number of hydroxylamine groups is 2. The van der Waals surface area contributed by atoms with Crippen LogP contribution in [0.5, 0.6) is 0 Å². The number of carbonyl (C=O) groups is 3. The molecule has 2 atom stereocenters. The van der Waals surface area contributed by atoms with E-state index >= 15 is 0 Å². The molecule has 5 nitrogen and oxygen atoms in total. The van der Waals surface area contributed by atoms with Crippen LogP contribution in [0.1, 0.15) is 46.9 Å². The van der Waals surface area contributed by atoms with Gasteiger partial charge < -0.3 is 4.84 Å². The zero-order chi connectivity index (χ0) is 18.3. The number of imide groups is 1. The smallest absolute Gasteiger partial charge is 0.330 e. The molecule has 27 heavy (non-hydrogen) atoms. The molecular formula is C22H17NO4. The molecule has 0 unspecified atom stereocenters. The summed E-state index contributed by atoms with van der Waals surface area (Å²) >= 11 is 0. The van der Waals surface area contributed by atoms with Gasteiger partial charge in [0.25, 0.3) is 11.8 Å². The van der Waals surface area contributed by atoms with E-state index < -0.39 is 17.8 Å². The monoisotopic (exact) mass is 359 g/mol. The Labute approximate surface area is 155 Å². The molecule has 5 aliphatic rings. The van der Waals surface area contributed by atoms with E-state index in [1.54, 1.807) is 0 Å². The Morgan fingerprint density at radius 1 is 0.778 bits per heavy atom. The molecule has 0 aromatic heterocycles. The number of benzene rings is 2. The lowest BCUT2D eigenvalue weighted by Gasteiger charge is -2.45. The summed E-state index contributed by atoms with van der Waals surface area (Å²) in [5, 5.41) is 0.772. The van der Waals surface area contributed by atoms with Crippen LogP contribution >= 0.6 is 0 Å². The topological polar surface area (TPSA) is 63.7 Å². The summed E-state index contributed by atoms with van der Waals surface area (Å²) in [6.07, 6.45) is 1.54. The Morgan fingerprint density at radius 3 is 1.56 bits per heavy atom. The van der Waals surface area contributed by atoms with E-state index in [-0.39, 0.29) is 29.6 Å². The fourth-order valence-electron chi connectivity index (χ4n) is 5.22. The van der Waals surface area contributed by atoms with Gasteiger partial charge in [-0.3, -0.25) is 9.59 Å². The average Bonchev–Trinajstić information content (AvgIpc) is 3.52. The summed E-state index contributed by atoms with van der Waals surface area (Å²) < 4.78 is 0. The van der Waals surface area contributed by atoms with Crippen molar-refractivity contribution in [1.82, 2.24) is 5.06 Å². The molecule has 2 bridgehead atoms. The predicted octanol–water partition coefficient (Wildman–Crippen LogP) is 2.75. The van der Waals surface area contributed by atoms with Crippen molar-refractivity contribution in [3.63, 3.8) is 0 Å². The lowest BCUT2D eigenvalue weighted by molar-refractivity contribution is -0.199. The van der Waals surface area contributed by atoms with Gasteiger partial charge in [0.05, 0.1) is 17.8 Å². The number of nitrogens with zero attached hydrogens (tertiary/aromatic N) is 1. The van der Waals surface area contributed by atoms with Crippen molar-refractivity contribution in [3.8, 4) is 0 Å². The minimum atomic E-state index is -0.501. The first-order valence-corrected chi connectivity index (χ1v) is 9.44.